The summed E-state index contributed by atoms with van der Waals surface area (Å²) < 4.78 is 24.2. The van der Waals surface area contributed by atoms with Crippen molar-refractivity contribution in [2.75, 3.05) is 27.3 Å². The van der Waals surface area contributed by atoms with E-state index in [9.17, 15) is 19.2 Å². The smallest absolute Gasteiger partial charge is 0.310 e. The Morgan fingerprint density at radius 2 is 0.797 bits per heavy atom. The van der Waals surface area contributed by atoms with Crippen molar-refractivity contribution in [2.24, 2.45) is 23.7 Å². The van der Waals surface area contributed by atoms with E-state index in [-0.39, 0.29) is 60.7 Å². The average Bonchev–Trinajstić information content (AvgIpc) is 3.24. The molecule has 0 bridgehead atoms. The molecule has 0 aromatic rings. The number of nitrogens with zero attached hydrogens (tertiary/aromatic N) is 2. The van der Waals surface area contributed by atoms with E-state index in [0.717, 1.165) is 38.5 Å². The molecule has 2 aliphatic rings. The van der Waals surface area contributed by atoms with Gasteiger partial charge in [0, 0.05) is 47.8 Å². The highest BCUT2D eigenvalue weighted by molar-refractivity contribution is 5.88. The molecule has 0 aromatic carbocycles. The van der Waals surface area contributed by atoms with Gasteiger partial charge in [-0.25, -0.2) is 0 Å². The first-order valence-electron chi connectivity index (χ1n) is 26.6. The summed E-state index contributed by atoms with van der Waals surface area (Å²) in [7, 11) is 4.19. The molecule has 8 atom stereocenters. The highest BCUT2D eigenvalue weighted by Crippen LogP contribution is 2.38. The number of ether oxygens (including phenoxy) is 4. The first-order valence-corrected chi connectivity index (χ1v) is 26.6. The van der Waals surface area contributed by atoms with Crippen molar-refractivity contribution in [3.8, 4) is 0 Å². The van der Waals surface area contributed by atoms with Crippen LogP contribution in [0.1, 0.15) is 236 Å². The molecule has 10 nitrogen and oxygen atoms in total. The third kappa shape index (κ3) is 20.8. The summed E-state index contributed by atoms with van der Waals surface area (Å²) in [5.41, 5.74) is -0.453. The Labute approximate surface area is 393 Å². The van der Waals surface area contributed by atoms with Crippen molar-refractivity contribution >= 4 is 23.9 Å². The second-order valence-corrected chi connectivity index (χ2v) is 21.5. The Bertz CT molecular complexity index is 1320. The summed E-state index contributed by atoms with van der Waals surface area (Å²) in [6, 6.07) is 0.283. The van der Waals surface area contributed by atoms with Crippen LogP contribution in [0.2, 0.25) is 0 Å². The van der Waals surface area contributed by atoms with E-state index in [0.29, 0.717) is 19.3 Å². The molecule has 64 heavy (non-hydrogen) atoms. The molecule has 0 N–H and O–H groups in total. The molecular weight excluding hydrogens is 805 g/mol. The summed E-state index contributed by atoms with van der Waals surface area (Å²) in [5, 5.41) is 0. The van der Waals surface area contributed by atoms with Crippen molar-refractivity contribution in [3.05, 3.63) is 0 Å². The van der Waals surface area contributed by atoms with E-state index >= 15 is 0 Å². The van der Waals surface area contributed by atoms with E-state index in [1.165, 1.54) is 96.3 Å². The lowest BCUT2D eigenvalue weighted by Gasteiger charge is -2.51. The maximum Gasteiger partial charge on any atom is 0.310 e. The van der Waals surface area contributed by atoms with Gasteiger partial charge in [-0.15, -0.1) is 0 Å². The SMILES string of the molecule is CCCCCCCCCCCCCOC(=O)CC(C(=O)OCCCCCCCCCCCCC)C(CC(=O)OC1CC(C)(C)N(C)C(C)C1C)C(=O)OC1CC(C)(C)N(C)C(C)C1C. The van der Waals surface area contributed by atoms with Crippen molar-refractivity contribution in [2.45, 2.75) is 272 Å². The summed E-state index contributed by atoms with van der Waals surface area (Å²) in [6.45, 7) is 21.9. The van der Waals surface area contributed by atoms with E-state index in [1.54, 1.807) is 0 Å². The van der Waals surface area contributed by atoms with Crippen molar-refractivity contribution < 1.29 is 38.1 Å². The molecule has 2 saturated heterocycles. The topological polar surface area (TPSA) is 112 Å². The molecule has 10 heteroatoms. The monoisotopic (exact) mass is 905 g/mol. The van der Waals surface area contributed by atoms with Gasteiger partial charge in [0.15, 0.2) is 0 Å². The van der Waals surface area contributed by atoms with Gasteiger partial charge < -0.3 is 18.9 Å². The molecule has 0 aliphatic carbocycles. The van der Waals surface area contributed by atoms with E-state index in [1.807, 2.05) is 0 Å². The van der Waals surface area contributed by atoms with Crippen LogP contribution in [-0.4, -0.2) is 96.4 Å². The number of piperidine rings is 2. The fraction of sp³-hybridized carbons (Fsp3) is 0.926. The van der Waals surface area contributed by atoms with Crippen LogP contribution in [0, 0.1) is 23.7 Å². The number of unbranched alkanes of at least 4 members (excludes halogenated alkanes) is 20. The van der Waals surface area contributed by atoms with Gasteiger partial charge in [0.2, 0.25) is 0 Å². The van der Waals surface area contributed by atoms with Crippen LogP contribution in [0.25, 0.3) is 0 Å². The molecule has 0 saturated carbocycles. The third-order valence-electron chi connectivity index (χ3n) is 15.6. The lowest BCUT2D eigenvalue weighted by Crippen LogP contribution is -2.59. The van der Waals surface area contributed by atoms with Crippen molar-refractivity contribution in [1.29, 1.82) is 0 Å². The Balaban J connectivity index is 2.22. The Kier molecular flexibility index (Phi) is 28.0. The highest BCUT2D eigenvalue weighted by atomic mass is 16.6. The Hall–Kier alpha value is -2.20. The minimum Gasteiger partial charge on any atom is -0.466 e. The van der Waals surface area contributed by atoms with Gasteiger partial charge in [-0.1, -0.05) is 156 Å². The fourth-order valence-electron chi connectivity index (χ4n) is 10.0. The molecule has 0 amide bonds. The molecule has 0 spiro atoms. The maximum atomic E-state index is 14.6. The second-order valence-electron chi connectivity index (χ2n) is 21.5. The van der Waals surface area contributed by atoms with E-state index in [4.69, 9.17) is 18.9 Å². The highest BCUT2D eigenvalue weighted by Gasteiger charge is 2.47. The van der Waals surface area contributed by atoms with Crippen LogP contribution in [0.15, 0.2) is 0 Å². The summed E-state index contributed by atoms with van der Waals surface area (Å²) in [6.07, 6.45) is 25.5. The van der Waals surface area contributed by atoms with Crippen LogP contribution in [0.5, 0.6) is 0 Å². The number of hydrogen-bond acceptors (Lipinski definition) is 10. The lowest BCUT2D eigenvalue weighted by molar-refractivity contribution is -0.179. The van der Waals surface area contributed by atoms with Crippen LogP contribution < -0.4 is 0 Å². The number of rotatable bonds is 33. The molecule has 0 aromatic heterocycles. The van der Waals surface area contributed by atoms with E-state index < -0.39 is 48.2 Å². The van der Waals surface area contributed by atoms with Gasteiger partial charge in [-0.2, -0.15) is 0 Å². The minimum atomic E-state index is -1.27. The van der Waals surface area contributed by atoms with Crippen molar-refractivity contribution in [1.82, 2.24) is 9.80 Å². The van der Waals surface area contributed by atoms with Gasteiger partial charge >= 0.3 is 23.9 Å². The zero-order chi connectivity index (χ0) is 47.7. The van der Waals surface area contributed by atoms with Crippen LogP contribution in [0.4, 0.5) is 0 Å². The molecule has 2 heterocycles. The minimum absolute atomic E-state index is 0.000549. The molecule has 374 valence electrons. The molecule has 8 unspecified atom stereocenters. The molecule has 2 rings (SSSR count). The molecular formula is C54H100N2O8. The first-order chi connectivity index (χ1) is 30.4. The zero-order valence-corrected chi connectivity index (χ0v) is 43.6. The Morgan fingerprint density at radius 1 is 0.469 bits per heavy atom. The molecule has 0 radical (unpaired) electrons. The van der Waals surface area contributed by atoms with Gasteiger partial charge in [-0.05, 0) is 68.5 Å². The van der Waals surface area contributed by atoms with Crippen LogP contribution >= 0.6 is 0 Å². The number of carbonyl (C=O) groups excluding carboxylic acids is 4. The number of hydrogen-bond donors (Lipinski definition) is 0. The van der Waals surface area contributed by atoms with E-state index in [2.05, 4.69) is 93.1 Å². The standard InChI is InChI=1S/C54H100N2O8/c1-13-15-17-19-21-23-25-27-29-31-33-35-61-49(57)37-45(51(59)62-36-34-32-30-28-26-24-22-20-18-16-14-2)46(52(60)64-48-40-54(9,10)56(12)44(6)42(48)4)38-50(58)63-47-39-53(7,8)55(11)43(5)41(47)3/h41-48H,13-40H2,1-12H3. The predicted molar refractivity (Wildman–Crippen MR) is 261 cm³/mol. The van der Waals surface area contributed by atoms with Gasteiger partial charge in [0.1, 0.15) is 12.2 Å². The number of carbonyl (C=O) groups is 4. The van der Waals surface area contributed by atoms with Crippen LogP contribution in [-0.2, 0) is 38.1 Å². The Morgan fingerprint density at radius 3 is 1.20 bits per heavy atom. The predicted octanol–water partition coefficient (Wildman–Crippen LogP) is 12.8. The second kappa shape index (κ2) is 31.0. The van der Waals surface area contributed by atoms with Crippen LogP contribution in [0.3, 0.4) is 0 Å². The fourth-order valence-corrected chi connectivity index (χ4v) is 10.0. The first kappa shape index (κ1) is 57.9. The summed E-state index contributed by atoms with van der Waals surface area (Å²) in [4.78, 5) is 61.2. The van der Waals surface area contributed by atoms with Gasteiger partial charge in [-0.3, -0.25) is 29.0 Å². The molecule has 2 aliphatic heterocycles. The third-order valence-corrected chi connectivity index (χ3v) is 15.6. The number of likely N-dealkylation sites (tertiary alicyclic amines) is 2. The summed E-state index contributed by atoms with van der Waals surface area (Å²) >= 11 is 0. The van der Waals surface area contributed by atoms with Gasteiger partial charge in [0.25, 0.3) is 0 Å². The average molecular weight is 905 g/mol. The largest absolute Gasteiger partial charge is 0.466 e. The normalized spacial score (nSPS) is 24.4. The van der Waals surface area contributed by atoms with Gasteiger partial charge in [0.05, 0.1) is 37.9 Å². The molecule has 2 fully saturated rings. The summed E-state index contributed by atoms with van der Waals surface area (Å²) in [5.74, 6) is -4.96. The zero-order valence-electron chi connectivity index (χ0n) is 43.6. The van der Waals surface area contributed by atoms with Crippen molar-refractivity contribution in [3.63, 3.8) is 0 Å². The quantitative estimate of drug-likeness (QED) is 0.0358. The lowest BCUT2D eigenvalue weighted by atomic mass is 9.78. The maximum absolute atomic E-state index is 14.6. The number of esters is 4.